The van der Waals surface area contributed by atoms with Gasteiger partial charge in [-0.05, 0) is 6.07 Å². The van der Waals surface area contributed by atoms with E-state index in [4.69, 9.17) is 21.0 Å². The van der Waals surface area contributed by atoms with Crippen molar-refractivity contribution in [3.63, 3.8) is 0 Å². The van der Waals surface area contributed by atoms with Crippen LogP contribution < -0.4 is 5.73 Å². The van der Waals surface area contributed by atoms with Crippen molar-refractivity contribution >= 4 is 5.69 Å². The summed E-state index contributed by atoms with van der Waals surface area (Å²) in [5, 5.41) is 37.8. The molecular weight excluding hydrogens is 274 g/mol. The summed E-state index contributed by atoms with van der Waals surface area (Å²) in [6.07, 6.45) is -0.985. The third-order valence-corrected chi connectivity index (χ3v) is 3.09. The molecule has 8 nitrogen and oxygen atoms in total. The van der Waals surface area contributed by atoms with Crippen LogP contribution in [-0.4, -0.2) is 10.5 Å². The van der Waals surface area contributed by atoms with Crippen LogP contribution in [0.1, 0.15) is 11.7 Å². The fraction of sp³-hybridized carbons (Fsp3) is 0.154. The van der Waals surface area contributed by atoms with Gasteiger partial charge < -0.3 is 10.5 Å². The topological polar surface area (TPSA) is 153 Å². The van der Waals surface area contributed by atoms with Gasteiger partial charge in [0.05, 0.1) is 16.2 Å². The van der Waals surface area contributed by atoms with Gasteiger partial charge in [0.2, 0.25) is 5.60 Å². The molecule has 1 saturated heterocycles. The number of epoxide rings is 1. The van der Waals surface area contributed by atoms with Crippen LogP contribution >= 0.6 is 0 Å². The maximum atomic E-state index is 11.0. The van der Waals surface area contributed by atoms with Crippen molar-refractivity contribution in [1.29, 1.82) is 15.8 Å². The summed E-state index contributed by atoms with van der Waals surface area (Å²) < 4.78 is 5.23. The quantitative estimate of drug-likeness (QED) is 0.377. The molecule has 2 unspecified atom stereocenters. The minimum Gasteiger partial charge on any atom is -0.397 e. The Balaban J connectivity index is 2.52. The van der Waals surface area contributed by atoms with Crippen LogP contribution in [0.25, 0.3) is 0 Å². The Morgan fingerprint density at radius 2 is 1.95 bits per heavy atom. The third kappa shape index (κ3) is 2.04. The molecule has 0 spiro atoms. The van der Waals surface area contributed by atoms with Gasteiger partial charge >= 0.3 is 0 Å². The minimum absolute atomic E-state index is 0.169. The number of hydrogen-bond donors (Lipinski definition) is 1. The van der Waals surface area contributed by atoms with E-state index in [1.165, 1.54) is 18.2 Å². The third-order valence-electron chi connectivity index (χ3n) is 3.09. The second-order valence-electron chi connectivity index (χ2n) is 4.17. The molecule has 21 heavy (non-hydrogen) atoms. The van der Waals surface area contributed by atoms with Gasteiger partial charge in [-0.15, -0.1) is 0 Å². The predicted molar refractivity (Wildman–Crippen MR) is 67.7 cm³/mol. The zero-order chi connectivity index (χ0) is 15.6. The largest absolute Gasteiger partial charge is 0.397 e. The van der Waals surface area contributed by atoms with E-state index in [1.54, 1.807) is 24.3 Å². The highest BCUT2D eigenvalue weighted by molar-refractivity contribution is 5.54. The second-order valence-corrected chi connectivity index (χ2v) is 4.17. The molecule has 0 aliphatic carbocycles. The Bertz CT molecular complexity index is 764. The number of hydrogen-bond acceptors (Lipinski definition) is 7. The Hall–Kier alpha value is -3.41. The van der Waals surface area contributed by atoms with Gasteiger partial charge in [0.1, 0.15) is 24.3 Å². The molecule has 1 aromatic rings. The van der Waals surface area contributed by atoms with E-state index in [0.29, 0.717) is 0 Å². The van der Waals surface area contributed by atoms with Crippen LogP contribution in [0.5, 0.6) is 0 Å². The molecule has 102 valence electrons. The zero-order valence-corrected chi connectivity index (χ0v) is 10.5. The molecule has 2 atom stereocenters. The first-order chi connectivity index (χ1) is 10.0. The highest BCUT2D eigenvalue weighted by Crippen LogP contribution is 2.54. The molecule has 1 aliphatic rings. The van der Waals surface area contributed by atoms with E-state index in [-0.39, 0.29) is 16.9 Å². The molecule has 1 aromatic carbocycles. The van der Waals surface area contributed by atoms with Gasteiger partial charge in [-0.1, -0.05) is 12.1 Å². The highest BCUT2D eigenvalue weighted by Gasteiger charge is 2.63. The van der Waals surface area contributed by atoms with Gasteiger partial charge in [0.25, 0.3) is 5.69 Å². The number of allylic oxidation sites excluding steroid dienone is 1. The summed E-state index contributed by atoms with van der Waals surface area (Å²) in [5.41, 5.74) is 3.11. The molecular formula is C13H7N5O3. The summed E-state index contributed by atoms with van der Waals surface area (Å²) >= 11 is 0. The molecule has 0 amide bonds. The SMILES string of the molecule is N#CC(C#N)=C(N)C1(C#N)OC1c1ccccc1[N+](=O)[O-]. The first kappa shape index (κ1) is 14.0. The lowest BCUT2D eigenvalue weighted by Crippen LogP contribution is -2.22. The van der Waals surface area contributed by atoms with Crippen LogP contribution in [0.15, 0.2) is 35.5 Å². The number of nitro benzene ring substituents is 1. The minimum atomic E-state index is -1.72. The van der Waals surface area contributed by atoms with Gasteiger partial charge in [-0.3, -0.25) is 10.1 Å². The van der Waals surface area contributed by atoms with E-state index in [9.17, 15) is 15.4 Å². The average molecular weight is 281 g/mol. The van der Waals surface area contributed by atoms with E-state index in [1.807, 2.05) is 0 Å². The molecule has 0 bridgehead atoms. The first-order valence-electron chi connectivity index (χ1n) is 5.64. The maximum absolute atomic E-state index is 11.0. The summed E-state index contributed by atoms with van der Waals surface area (Å²) in [6.45, 7) is 0. The Morgan fingerprint density at radius 1 is 1.33 bits per heavy atom. The molecule has 1 aliphatic heterocycles. The number of nitrogens with zero attached hydrogens (tertiary/aromatic N) is 4. The number of rotatable bonds is 3. The zero-order valence-electron chi connectivity index (χ0n) is 10.5. The van der Waals surface area contributed by atoms with Crippen molar-refractivity contribution in [1.82, 2.24) is 0 Å². The summed E-state index contributed by atoms with van der Waals surface area (Å²) in [4.78, 5) is 10.4. The lowest BCUT2D eigenvalue weighted by molar-refractivity contribution is -0.385. The molecule has 0 radical (unpaired) electrons. The van der Waals surface area contributed by atoms with E-state index >= 15 is 0 Å². The van der Waals surface area contributed by atoms with Crippen LogP contribution in [0.4, 0.5) is 5.69 Å². The van der Waals surface area contributed by atoms with Crippen LogP contribution in [0, 0.1) is 44.1 Å². The Morgan fingerprint density at radius 3 is 2.48 bits per heavy atom. The monoisotopic (exact) mass is 281 g/mol. The summed E-state index contributed by atoms with van der Waals surface area (Å²) in [5.74, 6) is 0. The number of benzene rings is 1. The maximum Gasteiger partial charge on any atom is 0.275 e. The van der Waals surface area contributed by atoms with Gasteiger partial charge in [0.15, 0.2) is 5.57 Å². The fourth-order valence-corrected chi connectivity index (χ4v) is 1.99. The highest BCUT2D eigenvalue weighted by atomic mass is 16.6. The van der Waals surface area contributed by atoms with Crippen LogP contribution in [-0.2, 0) is 4.74 Å². The van der Waals surface area contributed by atoms with E-state index < -0.39 is 22.2 Å². The standard InChI is InChI=1S/C13H7N5O3/c14-5-8(6-15)11(17)13(7-16)12(21-13)9-3-1-2-4-10(9)18(19)20/h1-4,12H,17H2. The van der Waals surface area contributed by atoms with Gasteiger partial charge in [-0.25, -0.2) is 0 Å². The van der Waals surface area contributed by atoms with Crippen molar-refractivity contribution in [2.45, 2.75) is 11.7 Å². The average Bonchev–Trinajstić information content (AvgIpc) is 3.24. The molecule has 1 heterocycles. The van der Waals surface area contributed by atoms with Gasteiger partial charge in [0, 0.05) is 6.07 Å². The molecule has 2 rings (SSSR count). The Kier molecular flexibility index (Phi) is 3.29. The van der Waals surface area contributed by atoms with Crippen molar-refractivity contribution < 1.29 is 9.66 Å². The van der Waals surface area contributed by atoms with Crippen molar-refractivity contribution in [3.8, 4) is 18.2 Å². The summed E-state index contributed by atoms with van der Waals surface area (Å²) in [7, 11) is 0. The number of nitriles is 3. The number of nitro groups is 1. The number of ether oxygens (including phenoxy) is 1. The molecule has 0 saturated carbocycles. The second kappa shape index (κ2) is 4.93. The van der Waals surface area contributed by atoms with Gasteiger partial charge in [-0.2, -0.15) is 15.8 Å². The van der Waals surface area contributed by atoms with Crippen LogP contribution in [0.3, 0.4) is 0 Å². The van der Waals surface area contributed by atoms with Crippen molar-refractivity contribution in [3.05, 3.63) is 51.2 Å². The smallest absolute Gasteiger partial charge is 0.275 e. The lowest BCUT2D eigenvalue weighted by atomic mass is 9.94. The molecule has 2 N–H and O–H groups in total. The Labute approximate surface area is 119 Å². The lowest BCUT2D eigenvalue weighted by Gasteiger charge is -2.04. The number of para-hydroxylation sites is 1. The molecule has 1 fully saturated rings. The first-order valence-corrected chi connectivity index (χ1v) is 5.64. The van der Waals surface area contributed by atoms with E-state index in [2.05, 4.69) is 0 Å². The van der Waals surface area contributed by atoms with E-state index in [0.717, 1.165) is 0 Å². The fourth-order valence-electron chi connectivity index (χ4n) is 1.99. The van der Waals surface area contributed by atoms with Crippen molar-refractivity contribution in [2.75, 3.05) is 0 Å². The molecule has 0 aromatic heterocycles. The summed E-state index contributed by atoms with van der Waals surface area (Å²) in [6, 6.07) is 10.7. The van der Waals surface area contributed by atoms with Crippen molar-refractivity contribution in [2.24, 2.45) is 5.73 Å². The molecule has 8 heteroatoms. The van der Waals surface area contributed by atoms with Crippen LogP contribution in [0.2, 0.25) is 0 Å². The number of nitrogens with two attached hydrogens (primary N) is 1. The normalized spacial score (nSPS) is 22.2. The predicted octanol–water partition coefficient (Wildman–Crippen LogP) is 1.19.